The lowest BCUT2D eigenvalue weighted by Crippen LogP contribution is -2.46. The number of carbonyl (C=O) groups is 1. The number of hydrogen-bond acceptors (Lipinski definition) is 3. The largest absolute Gasteiger partial charge is 0.490 e. The molecule has 1 heterocycles. The SMILES string of the molecule is Cl.NC1CCCN(C(=O)CCOc2ccccc2F)C1. The number of likely N-dealkylation sites (tertiary alicyclic amines) is 1. The maximum atomic E-state index is 13.3. The van der Waals surface area contributed by atoms with E-state index >= 15 is 0 Å². The van der Waals surface area contributed by atoms with Crippen molar-refractivity contribution in [2.45, 2.75) is 25.3 Å². The van der Waals surface area contributed by atoms with Gasteiger partial charge in [-0.3, -0.25) is 4.79 Å². The topological polar surface area (TPSA) is 55.6 Å². The van der Waals surface area contributed by atoms with Gasteiger partial charge in [0.05, 0.1) is 13.0 Å². The minimum Gasteiger partial charge on any atom is -0.490 e. The molecule has 0 aliphatic carbocycles. The van der Waals surface area contributed by atoms with Crippen LogP contribution in [-0.4, -0.2) is 36.5 Å². The van der Waals surface area contributed by atoms with Gasteiger partial charge in [0.2, 0.25) is 5.91 Å². The van der Waals surface area contributed by atoms with Crippen LogP contribution in [0.4, 0.5) is 4.39 Å². The molecule has 4 nitrogen and oxygen atoms in total. The summed E-state index contributed by atoms with van der Waals surface area (Å²) >= 11 is 0. The molecule has 1 saturated heterocycles. The second kappa shape index (κ2) is 8.07. The summed E-state index contributed by atoms with van der Waals surface area (Å²) in [6.45, 7) is 1.55. The number of carbonyl (C=O) groups excluding carboxylic acids is 1. The van der Waals surface area contributed by atoms with E-state index in [1.165, 1.54) is 6.07 Å². The first-order valence-corrected chi connectivity index (χ1v) is 6.57. The average Bonchev–Trinajstić information content (AvgIpc) is 2.41. The van der Waals surface area contributed by atoms with Gasteiger partial charge in [-0.25, -0.2) is 4.39 Å². The maximum absolute atomic E-state index is 13.3. The normalized spacial score (nSPS) is 18.3. The summed E-state index contributed by atoms with van der Waals surface area (Å²) in [6, 6.07) is 6.26. The fourth-order valence-electron chi connectivity index (χ4n) is 2.20. The Morgan fingerprint density at radius 3 is 2.90 bits per heavy atom. The van der Waals surface area contributed by atoms with Crippen molar-refractivity contribution in [2.24, 2.45) is 5.73 Å². The summed E-state index contributed by atoms with van der Waals surface area (Å²) < 4.78 is 18.6. The quantitative estimate of drug-likeness (QED) is 0.925. The molecule has 1 aromatic rings. The Hall–Kier alpha value is -1.33. The molecule has 0 radical (unpaired) electrons. The molecule has 2 N–H and O–H groups in total. The van der Waals surface area contributed by atoms with Gasteiger partial charge < -0.3 is 15.4 Å². The summed E-state index contributed by atoms with van der Waals surface area (Å²) in [6.07, 6.45) is 2.16. The fraction of sp³-hybridized carbons (Fsp3) is 0.500. The van der Waals surface area contributed by atoms with Gasteiger partial charge in [-0.05, 0) is 25.0 Å². The van der Waals surface area contributed by atoms with E-state index in [9.17, 15) is 9.18 Å². The van der Waals surface area contributed by atoms with Crippen LogP contribution >= 0.6 is 12.4 Å². The molecule has 2 rings (SSSR count). The zero-order valence-corrected chi connectivity index (χ0v) is 12.1. The zero-order chi connectivity index (χ0) is 13.7. The van der Waals surface area contributed by atoms with Crippen molar-refractivity contribution in [3.05, 3.63) is 30.1 Å². The monoisotopic (exact) mass is 302 g/mol. The van der Waals surface area contributed by atoms with Crippen molar-refractivity contribution in [2.75, 3.05) is 19.7 Å². The van der Waals surface area contributed by atoms with Crippen molar-refractivity contribution in [3.63, 3.8) is 0 Å². The lowest BCUT2D eigenvalue weighted by atomic mass is 10.1. The molecule has 0 bridgehead atoms. The fourth-order valence-corrected chi connectivity index (χ4v) is 2.20. The lowest BCUT2D eigenvalue weighted by Gasteiger charge is -2.30. The van der Waals surface area contributed by atoms with E-state index in [2.05, 4.69) is 0 Å². The van der Waals surface area contributed by atoms with Crippen LogP contribution in [-0.2, 0) is 4.79 Å². The van der Waals surface area contributed by atoms with E-state index in [4.69, 9.17) is 10.5 Å². The highest BCUT2D eigenvalue weighted by Gasteiger charge is 2.20. The Kier molecular flexibility index (Phi) is 6.75. The number of benzene rings is 1. The molecule has 112 valence electrons. The Labute approximate surface area is 124 Å². The number of piperidine rings is 1. The second-order valence-corrected chi connectivity index (χ2v) is 4.77. The number of hydrogen-bond donors (Lipinski definition) is 1. The highest BCUT2D eigenvalue weighted by atomic mass is 35.5. The first-order chi connectivity index (χ1) is 9.16. The van der Waals surface area contributed by atoms with Crippen LogP contribution in [0.15, 0.2) is 24.3 Å². The minimum atomic E-state index is -0.407. The standard InChI is InChI=1S/C14H19FN2O2.ClH/c15-12-5-1-2-6-13(12)19-9-7-14(18)17-8-3-4-11(16)10-17;/h1-2,5-6,11H,3-4,7-10,16H2;1H. The second-order valence-electron chi connectivity index (χ2n) is 4.77. The number of halogens is 2. The third kappa shape index (κ3) is 4.65. The van der Waals surface area contributed by atoms with E-state index in [1.807, 2.05) is 0 Å². The molecular formula is C14H20ClFN2O2. The van der Waals surface area contributed by atoms with E-state index in [0.29, 0.717) is 6.54 Å². The summed E-state index contributed by atoms with van der Waals surface area (Å²) in [4.78, 5) is 13.7. The number of amides is 1. The Morgan fingerprint density at radius 2 is 2.20 bits per heavy atom. The number of nitrogens with zero attached hydrogens (tertiary/aromatic N) is 1. The van der Waals surface area contributed by atoms with E-state index in [1.54, 1.807) is 23.1 Å². The Balaban J connectivity index is 0.00000200. The predicted molar refractivity (Wildman–Crippen MR) is 77.5 cm³/mol. The molecule has 0 spiro atoms. The first-order valence-electron chi connectivity index (χ1n) is 6.57. The third-order valence-corrected chi connectivity index (χ3v) is 3.22. The van der Waals surface area contributed by atoms with E-state index in [-0.39, 0.29) is 43.1 Å². The molecule has 1 unspecified atom stereocenters. The van der Waals surface area contributed by atoms with Gasteiger partial charge in [0.25, 0.3) is 0 Å². The van der Waals surface area contributed by atoms with E-state index in [0.717, 1.165) is 19.4 Å². The summed E-state index contributed by atoms with van der Waals surface area (Å²) in [5.74, 6) is -0.202. The molecule has 1 aliphatic heterocycles. The van der Waals surface area contributed by atoms with Crippen molar-refractivity contribution in [3.8, 4) is 5.75 Å². The zero-order valence-electron chi connectivity index (χ0n) is 11.3. The van der Waals surface area contributed by atoms with Crippen LogP contribution in [0.5, 0.6) is 5.75 Å². The van der Waals surface area contributed by atoms with Gasteiger partial charge in [0, 0.05) is 19.1 Å². The minimum absolute atomic E-state index is 0. The molecule has 1 fully saturated rings. The van der Waals surface area contributed by atoms with Gasteiger partial charge in [0.1, 0.15) is 0 Å². The molecule has 1 amide bonds. The summed E-state index contributed by atoms with van der Waals surface area (Å²) in [5.41, 5.74) is 5.83. The van der Waals surface area contributed by atoms with Gasteiger partial charge in [-0.1, -0.05) is 12.1 Å². The number of para-hydroxylation sites is 1. The Morgan fingerprint density at radius 1 is 1.45 bits per heavy atom. The van der Waals surface area contributed by atoms with Crippen molar-refractivity contribution in [1.29, 1.82) is 0 Å². The van der Waals surface area contributed by atoms with Crippen LogP contribution in [0.25, 0.3) is 0 Å². The number of rotatable bonds is 4. The van der Waals surface area contributed by atoms with Gasteiger partial charge in [0.15, 0.2) is 11.6 Å². The van der Waals surface area contributed by atoms with Crippen LogP contribution in [0, 0.1) is 5.82 Å². The molecule has 1 aromatic carbocycles. The average molecular weight is 303 g/mol. The maximum Gasteiger partial charge on any atom is 0.226 e. The number of nitrogens with two attached hydrogens (primary N) is 1. The summed E-state index contributed by atoms with van der Waals surface area (Å²) in [7, 11) is 0. The Bertz CT molecular complexity index is 445. The van der Waals surface area contributed by atoms with E-state index < -0.39 is 5.82 Å². The summed E-state index contributed by atoms with van der Waals surface area (Å²) in [5, 5.41) is 0. The van der Waals surface area contributed by atoms with Gasteiger partial charge >= 0.3 is 0 Å². The first kappa shape index (κ1) is 16.7. The molecule has 6 heteroatoms. The van der Waals surface area contributed by atoms with Crippen LogP contribution < -0.4 is 10.5 Å². The molecule has 0 saturated carbocycles. The smallest absolute Gasteiger partial charge is 0.226 e. The van der Waals surface area contributed by atoms with Gasteiger partial charge in [-0.2, -0.15) is 0 Å². The third-order valence-electron chi connectivity index (χ3n) is 3.22. The highest BCUT2D eigenvalue weighted by Crippen LogP contribution is 2.16. The molecule has 20 heavy (non-hydrogen) atoms. The van der Waals surface area contributed by atoms with Gasteiger partial charge in [-0.15, -0.1) is 12.4 Å². The molecule has 1 aliphatic rings. The predicted octanol–water partition coefficient (Wildman–Crippen LogP) is 1.97. The van der Waals surface area contributed by atoms with Crippen molar-refractivity contribution < 1.29 is 13.9 Å². The number of ether oxygens (including phenoxy) is 1. The van der Waals surface area contributed by atoms with Crippen LogP contribution in [0.3, 0.4) is 0 Å². The highest BCUT2D eigenvalue weighted by molar-refractivity contribution is 5.85. The van der Waals surface area contributed by atoms with Crippen LogP contribution in [0.2, 0.25) is 0 Å². The molecular weight excluding hydrogens is 283 g/mol. The van der Waals surface area contributed by atoms with Crippen LogP contribution in [0.1, 0.15) is 19.3 Å². The van der Waals surface area contributed by atoms with Crippen molar-refractivity contribution >= 4 is 18.3 Å². The molecule has 1 atom stereocenters. The molecule has 0 aromatic heterocycles. The van der Waals surface area contributed by atoms with Crippen molar-refractivity contribution in [1.82, 2.24) is 4.90 Å². The lowest BCUT2D eigenvalue weighted by molar-refractivity contribution is -0.132.